The summed E-state index contributed by atoms with van der Waals surface area (Å²) in [6.07, 6.45) is 0. The smallest absolute Gasteiger partial charge is 0.0332 e. The van der Waals surface area contributed by atoms with E-state index in [1.165, 1.54) is 52.0 Å². The topological polar surface area (TPSA) is 0 Å². The zero-order valence-corrected chi connectivity index (χ0v) is 19.3. The first-order chi connectivity index (χ1) is 14.7. The van der Waals surface area contributed by atoms with Gasteiger partial charge in [0.1, 0.15) is 0 Å². The number of benzene rings is 6. The van der Waals surface area contributed by atoms with Crippen LogP contribution in [0.5, 0.6) is 0 Å². The van der Waals surface area contributed by atoms with Gasteiger partial charge in [0.2, 0.25) is 0 Å². The molecule has 6 rings (SSSR count). The lowest BCUT2D eigenvalue weighted by Gasteiger charge is -2.05. The van der Waals surface area contributed by atoms with Gasteiger partial charge in [-0.3, -0.25) is 0 Å². The Morgan fingerprint density at radius 2 is 0.567 bits per heavy atom. The lowest BCUT2D eigenvalue weighted by atomic mass is 10.0. The maximum Gasteiger partial charge on any atom is 0.0332 e. The van der Waals surface area contributed by atoms with E-state index in [0.717, 1.165) is 0 Å². The molecule has 0 N–H and O–H groups in total. The van der Waals surface area contributed by atoms with Crippen molar-refractivity contribution in [2.75, 3.05) is 0 Å². The number of hydrogen-bond acceptors (Lipinski definition) is 0. The number of halogens is 2. The van der Waals surface area contributed by atoms with Crippen molar-refractivity contribution in [2.24, 2.45) is 0 Å². The monoisotopic (exact) mass is 512 g/mol. The number of hydrogen-bond donors (Lipinski definition) is 0. The summed E-state index contributed by atoms with van der Waals surface area (Å²) in [5.74, 6) is 0. The van der Waals surface area contributed by atoms with Crippen LogP contribution in [0.15, 0.2) is 118 Å². The van der Waals surface area contributed by atoms with E-state index in [9.17, 15) is 0 Å². The van der Waals surface area contributed by atoms with Crippen LogP contribution in [0.25, 0.3) is 43.1 Å². The van der Waals surface area contributed by atoms with Crippen molar-refractivity contribution in [3.63, 3.8) is 0 Å². The maximum absolute atomic E-state index is 3.68. The van der Waals surface area contributed by atoms with Crippen molar-refractivity contribution in [3.05, 3.63) is 118 Å². The van der Waals surface area contributed by atoms with Gasteiger partial charge < -0.3 is 0 Å². The molecule has 0 aliphatic carbocycles. The Hall–Kier alpha value is -2.68. The third-order valence-corrected chi connectivity index (χ3v) is 7.12. The first-order valence-electron chi connectivity index (χ1n) is 9.84. The minimum atomic E-state index is 1.19. The third-order valence-electron chi connectivity index (χ3n) is 5.41. The first kappa shape index (κ1) is 19.3. The van der Waals surface area contributed by atoms with Gasteiger partial charge in [-0.25, -0.2) is 0 Å². The second kappa shape index (κ2) is 8.22. The molecule has 0 bridgehead atoms. The van der Waals surface area contributed by atoms with Crippen molar-refractivity contribution >= 4 is 74.9 Å². The van der Waals surface area contributed by atoms with Crippen LogP contribution in [0.2, 0.25) is 0 Å². The molecule has 6 aromatic rings. The van der Waals surface area contributed by atoms with Crippen LogP contribution in [0.1, 0.15) is 0 Å². The predicted octanol–water partition coefficient (Wildman–Crippen LogP) is 9.51. The van der Waals surface area contributed by atoms with Crippen molar-refractivity contribution in [2.45, 2.75) is 0 Å². The molecule has 0 spiro atoms. The second-order valence-electron chi connectivity index (χ2n) is 7.27. The van der Waals surface area contributed by atoms with Gasteiger partial charge in [-0.1, -0.05) is 97.1 Å². The fourth-order valence-electron chi connectivity index (χ4n) is 3.92. The van der Waals surface area contributed by atoms with E-state index in [1.807, 2.05) is 0 Å². The fraction of sp³-hybridized carbons (Fsp3) is 0. The maximum atomic E-state index is 3.68. The van der Waals surface area contributed by atoms with E-state index in [-0.39, 0.29) is 0 Å². The minimum absolute atomic E-state index is 1.19. The summed E-state index contributed by atoms with van der Waals surface area (Å²) in [6, 6.07) is 38.2. The summed E-state index contributed by atoms with van der Waals surface area (Å²) in [7, 11) is 0. The average Bonchev–Trinajstić information content (AvgIpc) is 2.80. The standard InChI is InChI=1S/2C14H9Br/c2*15-14-12-7-3-1-5-10(12)9-11-6-2-4-8-13(11)14/h2*1-9H. The molecular formula is C28H18Br2. The summed E-state index contributed by atoms with van der Waals surface area (Å²) < 4.78 is 2.38. The van der Waals surface area contributed by atoms with E-state index in [0.29, 0.717) is 0 Å². The Kier molecular flexibility index (Phi) is 5.28. The van der Waals surface area contributed by atoms with Crippen molar-refractivity contribution < 1.29 is 0 Å². The van der Waals surface area contributed by atoms with Crippen LogP contribution in [0, 0.1) is 0 Å². The highest BCUT2D eigenvalue weighted by molar-refractivity contribution is 9.11. The Morgan fingerprint density at radius 1 is 0.333 bits per heavy atom. The molecular weight excluding hydrogens is 496 g/mol. The van der Waals surface area contributed by atoms with Gasteiger partial charge in [0.15, 0.2) is 0 Å². The van der Waals surface area contributed by atoms with E-state index in [4.69, 9.17) is 0 Å². The summed E-state index contributed by atoms with van der Waals surface area (Å²) in [5, 5.41) is 10.2. The molecule has 2 heteroatoms. The average molecular weight is 514 g/mol. The van der Waals surface area contributed by atoms with Crippen LogP contribution in [-0.2, 0) is 0 Å². The Morgan fingerprint density at radius 3 is 0.833 bits per heavy atom. The molecule has 0 amide bonds. The minimum Gasteiger partial charge on any atom is -0.0616 e. The van der Waals surface area contributed by atoms with E-state index < -0.39 is 0 Å². The van der Waals surface area contributed by atoms with Crippen molar-refractivity contribution in [1.29, 1.82) is 0 Å². The van der Waals surface area contributed by atoms with Gasteiger partial charge in [-0.15, -0.1) is 0 Å². The van der Waals surface area contributed by atoms with E-state index in [2.05, 4.69) is 141 Å². The van der Waals surface area contributed by atoms with Crippen LogP contribution < -0.4 is 0 Å². The van der Waals surface area contributed by atoms with Crippen LogP contribution >= 0.6 is 31.9 Å². The molecule has 0 aliphatic heterocycles. The summed E-state index contributed by atoms with van der Waals surface area (Å²) in [6.45, 7) is 0. The summed E-state index contributed by atoms with van der Waals surface area (Å²) in [4.78, 5) is 0. The molecule has 0 aliphatic rings. The van der Waals surface area contributed by atoms with E-state index >= 15 is 0 Å². The molecule has 6 aromatic carbocycles. The van der Waals surface area contributed by atoms with Gasteiger partial charge in [0.05, 0.1) is 0 Å². The zero-order chi connectivity index (χ0) is 20.5. The van der Waals surface area contributed by atoms with Gasteiger partial charge in [0.25, 0.3) is 0 Å². The Labute approximate surface area is 192 Å². The molecule has 0 radical (unpaired) electrons. The van der Waals surface area contributed by atoms with Crippen molar-refractivity contribution in [1.82, 2.24) is 0 Å². The molecule has 0 nitrogen and oxygen atoms in total. The molecule has 0 heterocycles. The molecule has 0 fully saturated rings. The van der Waals surface area contributed by atoms with E-state index in [1.54, 1.807) is 0 Å². The SMILES string of the molecule is Brc1c2ccccc2cc2ccccc12.Brc1c2ccccc2cc2ccccc12. The normalized spacial score (nSPS) is 11.0. The quantitative estimate of drug-likeness (QED) is 0.177. The van der Waals surface area contributed by atoms with Crippen LogP contribution in [0.4, 0.5) is 0 Å². The Balaban J connectivity index is 0.000000128. The molecule has 0 aromatic heterocycles. The summed E-state index contributed by atoms with van der Waals surface area (Å²) in [5.41, 5.74) is 0. The molecule has 0 unspecified atom stereocenters. The molecule has 0 saturated carbocycles. The highest BCUT2D eigenvalue weighted by Gasteiger charge is 2.04. The van der Waals surface area contributed by atoms with Crippen molar-refractivity contribution in [3.8, 4) is 0 Å². The van der Waals surface area contributed by atoms with Gasteiger partial charge in [-0.2, -0.15) is 0 Å². The largest absolute Gasteiger partial charge is 0.0616 e. The molecule has 0 saturated heterocycles. The first-order valence-corrected chi connectivity index (χ1v) is 11.4. The van der Waals surface area contributed by atoms with Crippen LogP contribution in [-0.4, -0.2) is 0 Å². The highest BCUT2D eigenvalue weighted by atomic mass is 79.9. The van der Waals surface area contributed by atoms with Gasteiger partial charge in [-0.05, 0) is 87.1 Å². The second-order valence-corrected chi connectivity index (χ2v) is 8.85. The molecule has 0 atom stereocenters. The molecule has 144 valence electrons. The van der Waals surface area contributed by atoms with Crippen LogP contribution in [0.3, 0.4) is 0 Å². The number of rotatable bonds is 0. The highest BCUT2D eigenvalue weighted by Crippen LogP contribution is 2.33. The third kappa shape index (κ3) is 3.51. The fourth-order valence-corrected chi connectivity index (χ4v) is 5.36. The summed E-state index contributed by atoms with van der Waals surface area (Å²) >= 11 is 7.36. The lowest BCUT2D eigenvalue weighted by molar-refractivity contribution is 1.74. The predicted molar refractivity (Wildman–Crippen MR) is 138 cm³/mol. The Bertz CT molecular complexity index is 1290. The zero-order valence-electron chi connectivity index (χ0n) is 16.1. The molecule has 30 heavy (non-hydrogen) atoms. The lowest BCUT2D eigenvalue weighted by Crippen LogP contribution is -1.78. The number of fused-ring (bicyclic) bond motifs is 4. The van der Waals surface area contributed by atoms with Gasteiger partial charge in [0, 0.05) is 8.95 Å². The van der Waals surface area contributed by atoms with Gasteiger partial charge >= 0.3 is 0 Å².